The van der Waals surface area contributed by atoms with Crippen molar-refractivity contribution in [2.45, 2.75) is 6.42 Å². The standard InChI is InChI=1S/C52H34N4S/c1-3-15-34(16-4-1)36-20-13-21-39(31-36)52-54-49(53-51(55-52)35-17-5-2-6-18-35)33-38-19-7-10-26-45(38)56-46-27-11-8-22-41(46)42-30-29-37(32-47(42)56)40-24-14-25-44-43-23-9-12-28-48(43)57-50(40)44/h1-32H,33H2. The highest BCUT2D eigenvalue weighted by Crippen LogP contribution is 2.42. The first-order chi connectivity index (χ1) is 28.2. The Balaban J connectivity index is 1.07. The van der Waals surface area contributed by atoms with E-state index in [-0.39, 0.29) is 0 Å². The quantitative estimate of drug-likeness (QED) is 0.163. The van der Waals surface area contributed by atoms with Crippen LogP contribution in [0.1, 0.15) is 11.4 Å². The highest BCUT2D eigenvalue weighted by molar-refractivity contribution is 7.26. The molecule has 3 heterocycles. The molecule has 0 spiro atoms. The largest absolute Gasteiger partial charge is 0.309 e. The van der Waals surface area contributed by atoms with Crippen LogP contribution in [0.5, 0.6) is 0 Å². The summed E-state index contributed by atoms with van der Waals surface area (Å²) in [5.41, 5.74) is 11.2. The molecule has 4 nitrogen and oxygen atoms in total. The van der Waals surface area contributed by atoms with Gasteiger partial charge in [-0.3, -0.25) is 0 Å². The number of rotatable bonds is 7. The van der Waals surface area contributed by atoms with Crippen LogP contribution in [0.25, 0.3) is 92.7 Å². The van der Waals surface area contributed by atoms with Crippen LogP contribution >= 0.6 is 11.3 Å². The second-order valence-corrected chi connectivity index (χ2v) is 15.4. The van der Waals surface area contributed by atoms with Crippen LogP contribution in [0.2, 0.25) is 0 Å². The third-order valence-electron chi connectivity index (χ3n) is 10.9. The molecular weight excluding hydrogens is 713 g/mol. The number of para-hydroxylation sites is 2. The van der Waals surface area contributed by atoms with E-state index in [0.29, 0.717) is 23.9 Å². The molecule has 0 saturated carbocycles. The Bertz CT molecular complexity index is 3270. The molecule has 0 fully saturated rings. The zero-order chi connectivity index (χ0) is 37.7. The second kappa shape index (κ2) is 13.8. The fourth-order valence-electron chi connectivity index (χ4n) is 8.23. The smallest absolute Gasteiger partial charge is 0.163 e. The van der Waals surface area contributed by atoms with E-state index in [1.165, 1.54) is 47.6 Å². The van der Waals surface area contributed by atoms with Gasteiger partial charge in [-0.15, -0.1) is 11.3 Å². The van der Waals surface area contributed by atoms with E-state index in [1.54, 1.807) is 0 Å². The molecule has 11 aromatic rings. The average Bonchev–Trinajstić information content (AvgIpc) is 3.83. The van der Waals surface area contributed by atoms with E-state index < -0.39 is 0 Å². The van der Waals surface area contributed by atoms with Crippen molar-refractivity contribution >= 4 is 53.3 Å². The van der Waals surface area contributed by atoms with Crippen LogP contribution in [0, 0.1) is 0 Å². The van der Waals surface area contributed by atoms with Gasteiger partial charge >= 0.3 is 0 Å². The second-order valence-electron chi connectivity index (χ2n) is 14.4. The Labute approximate surface area is 334 Å². The molecule has 0 amide bonds. The molecule has 5 heteroatoms. The molecule has 0 aliphatic heterocycles. The molecular formula is C52H34N4S. The molecule has 0 saturated heterocycles. The van der Waals surface area contributed by atoms with Crippen molar-refractivity contribution in [1.29, 1.82) is 0 Å². The van der Waals surface area contributed by atoms with E-state index in [0.717, 1.165) is 39.0 Å². The predicted octanol–water partition coefficient (Wildman–Crippen LogP) is 13.6. The summed E-state index contributed by atoms with van der Waals surface area (Å²) in [6.45, 7) is 0. The van der Waals surface area contributed by atoms with Gasteiger partial charge < -0.3 is 4.57 Å². The van der Waals surface area contributed by atoms with Gasteiger partial charge in [-0.25, -0.2) is 15.0 Å². The normalized spacial score (nSPS) is 11.6. The van der Waals surface area contributed by atoms with Crippen LogP contribution in [0.3, 0.4) is 0 Å². The van der Waals surface area contributed by atoms with Gasteiger partial charge in [0, 0.05) is 54.2 Å². The Hall–Kier alpha value is -7.21. The summed E-state index contributed by atoms with van der Waals surface area (Å²) < 4.78 is 5.05. The fourth-order valence-corrected chi connectivity index (χ4v) is 9.47. The first-order valence-electron chi connectivity index (χ1n) is 19.2. The summed E-state index contributed by atoms with van der Waals surface area (Å²) in [4.78, 5) is 15.4. The molecule has 3 aromatic heterocycles. The molecule has 0 N–H and O–H groups in total. The van der Waals surface area contributed by atoms with E-state index in [2.05, 4.69) is 174 Å². The topological polar surface area (TPSA) is 43.6 Å². The van der Waals surface area contributed by atoms with Gasteiger partial charge in [0.1, 0.15) is 5.82 Å². The SMILES string of the molecule is c1ccc(-c2cccc(-c3nc(Cc4ccccc4-n4c5ccccc5c5ccc(-c6cccc7c6sc6ccccc67)cc54)nc(-c4ccccc4)n3)c2)cc1. The Kier molecular flexibility index (Phi) is 8.04. The van der Waals surface area contributed by atoms with Crippen molar-refractivity contribution in [2.75, 3.05) is 0 Å². The van der Waals surface area contributed by atoms with Gasteiger partial charge in [-0.05, 0) is 58.1 Å². The maximum Gasteiger partial charge on any atom is 0.163 e. The minimum Gasteiger partial charge on any atom is -0.309 e. The van der Waals surface area contributed by atoms with Gasteiger partial charge in [-0.1, -0.05) is 164 Å². The lowest BCUT2D eigenvalue weighted by molar-refractivity contribution is 0.925. The molecule has 0 aliphatic carbocycles. The number of hydrogen-bond donors (Lipinski definition) is 0. The number of fused-ring (bicyclic) bond motifs is 6. The lowest BCUT2D eigenvalue weighted by Crippen LogP contribution is -2.06. The molecule has 0 aliphatic rings. The highest BCUT2D eigenvalue weighted by atomic mass is 32.1. The van der Waals surface area contributed by atoms with Gasteiger partial charge in [0.25, 0.3) is 0 Å². The molecule has 11 rings (SSSR count). The first kappa shape index (κ1) is 33.2. The molecule has 0 bridgehead atoms. The Morgan fingerprint density at radius 3 is 1.89 bits per heavy atom. The van der Waals surface area contributed by atoms with Crippen LogP contribution < -0.4 is 0 Å². The van der Waals surface area contributed by atoms with Crippen LogP contribution in [-0.2, 0) is 6.42 Å². The molecule has 268 valence electrons. The van der Waals surface area contributed by atoms with Gasteiger partial charge in [0.15, 0.2) is 11.6 Å². The summed E-state index contributed by atoms with van der Waals surface area (Å²) in [6, 6.07) is 68.9. The van der Waals surface area contributed by atoms with Crippen LogP contribution in [0.15, 0.2) is 194 Å². The Morgan fingerprint density at radius 2 is 1.04 bits per heavy atom. The van der Waals surface area contributed by atoms with E-state index in [4.69, 9.17) is 15.0 Å². The first-order valence-corrected chi connectivity index (χ1v) is 20.1. The minimum atomic E-state index is 0.526. The van der Waals surface area contributed by atoms with Crippen molar-refractivity contribution < 1.29 is 0 Å². The zero-order valence-electron chi connectivity index (χ0n) is 30.9. The van der Waals surface area contributed by atoms with Crippen LogP contribution in [0.4, 0.5) is 0 Å². The molecule has 8 aromatic carbocycles. The lowest BCUT2D eigenvalue weighted by Gasteiger charge is -2.15. The third-order valence-corrected chi connectivity index (χ3v) is 12.1. The summed E-state index contributed by atoms with van der Waals surface area (Å²) in [5, 5.41) is 5.06. The summed E-state index contributed by atoms with van der Waals surface area (Å²) in [7, 11) is 0. The number of nitrogens with zero attached hydrogens (tertiary/aromatic N) is 4. The van der Waals surface area contributed by atoms with Gasteiger partial charge in [0.05, 0.1) is 11.0 Å². The maximum atomic E-state index is 5.18. The Morgan fingerprint density at radius 1 is 0.404 bits per heavy atom. The maximum absolute atomic E-state index is 5.18. The predicted molar refractivity (Wildman–Crippen MR) is 238 cm³/mol. The minimum absolute atomic E-state index is 0.526. The molecule has 0 unspecified atom stereocenters. The van der Waals surface area contributed by atoms with E-state index in [9.17, 15) is 0 Å². The van der Waals surface area contributed by atoms with E-state index >= 15 is 0 Å². The summed E-state index contributed by atoms with van der Waals surface area (Å²) in [5.74, 6) is 2.04. The summed E-state index contributed by atoms with van der Waals surface area (Å²) >= 11 is 1.87. The van der Waals surface area contributed by atoms with Gasteiger partial charge in [-0.2, -0.15) is 0 Å². The zero-order valence-corrected chi connectivity index (χ0v) is 31.7. The molecule has 0 radical (unpaired) electrons. The van der Waals surface area contributed by atoms with Crippen molar-refractivity contribution in [3.8, 4) is 50.7 Å². The highest BCUT2D eigenvalue weighted by Gasteiger charge is 2.19. The fraction of sp³-hybridized carbons (Fsp3) is 0.0192. The number of benzene rings is 8. The number of aromatic nitrogens is 4. The monoisotopic (exact) mass is 746 g/mol. The number of hydrogen-bond acceptors (Lipinski definition) is 4. The summed E-state index contributed by atoms with van der Waals surface area (Å²) in [6.07, 6.45) is 0.526. The lowest BCUT2D eigenvalue weighted by atomic mass is 10.0. The van der Waals surface area contributed by atoms with Gasteiger partial charge in [0.2, 0.25) is 0 Å². The average molecular weight is 747 g/mol. The third kappa shape index (κ3) is 5.88. The van der Waals surface area contributed by atoms with E-state index in [1.807, 2.05) is 35.6 Å². The molecule has 0 atom stereocenters. The van der Waals surface area contributed by atoms with Crippen molar-refractivity contribution in [3.05, 3.63) is 206 Å². The van der Waals surface area contributed by atoms with Crippen LogP contribution in [-0.4, -0.2) is 19.5 Å². The van der Waals surface area contributed by atoms with Crippen molar-refractivity contribution in [2.24, 2.45) is 0 Å². The van der Waals surface area contributed by atoms with Crippen molar-refractivity contribution in [3.63, 3.8) is 0 Å². The number of thiophene rings is 1. The molecule has 57 heavy (non-hydrogen) atoms. The van der Waals surface area contributed by atoms with Crippen molar-refractivity contribution in [1.82, 2.24) is 19.5 Å².